The van der Waals surface area contributed by atoms with Gasteiger partial charge in [0.1, 0.15) is 0 Å². The standard InChI is InChI=1S/C18H27NO/c1-3-4-6-18-12-8-13(14(9-12)16(19)20)15(18)11-5-7-17(18,2)10-11/h5,7,11-15H,3-4,6,8-10H2,1-2H3,(H2,19,20). The Morgan fingerprint density at radius 2 is 2.20 bits per heavy atom. The van der Waals surface area contributed by atoms with Crippen LogP contribution in [0.2, 0.25) is 0 Å². The highest BCUT2D eigenvalue weighted by molar-refractivity contribution is 5.77. The molecule has 7 atom stereocenters. The topological polar surface area (TPSA) is 43.1 Å². The summed E-state index contributed by atoms with van der Waals surface area (Å²) in [6.07, 6.45) is 12.7. The highest BCUT2D eigenvalue weighted by atomic mass is 16.1. The SMILES string of the molecule is CCCCC12C3CC(C(N)=O)C(C3)C1C1C=CC2(C)C1. The average molecular weight is 273 g/mol. The molecule has 0 aromatic carbocycles. The van der Waals surface area contributed by atoms with Crippen LogP contribution in [0.25, 0.3) is 0 Å². The number of nitrogens with two attached hydrogens (primary N) is 1. The van der Waals surface area contributed by atoms with Crippen molar-refractivity contribution in [2.24, 2.45) is 46.2 Å². The smallest absolute Gasteiger partial charge is 0.220 e. The van der Waals surface area contributed by atoms with E-state index in [1.165, 1.54) is 32.1 Å². The summed E-state index contributed by atoms with van der Waals surface area (Å²) in [5.41, 5.74) is 6.59. The van der Waals surface area contributed by atoms with Crippen LogP contribution in [0.3, 0.4) is 0 Å². The molecule has 2 nitrogen and oxygen atoms in total. The largest absolute Gasteiger partial charge is 0.369 e. The maximum Gasteiger partial charge on any atom is 0.220 e. The molecule has 0 spiro atoms. The first-order chi connectivity index (χ1) is 9.53. The molecule has 7 unspecified atom stereocenters. The van der Waals surface area contributed by atoms with E-state index < -0.39 is 0 Å². The van der Waals surface area contributed by atoms with Gasteiger partial charge in [0, 0.05) is 5.92 Å². The van der Waals surface area contributed by atoms with Crippen molar-refractivity contribution in [2.75, 3.05) is 0 Å². The van der Waals surface area contributed by atoms with E-state index >= 15 is 0 Å². The molecule has 4 aliphatic rings. The number of carbonyl (C=O) groups excluding carboxylic acids is 1. The van der Waals surface area contributed by atoms with Gasteiger partial charge in [-0.2, -0.15) is 0 Å². The maximum absolute atomic E-state index is 11.8. The minimum Gasteiger partial charge on any atom is -0.369 e. The fourth-order valence-electron chi connectivity index (χ4n) is 7.09. The van der Waals surface area contributed by atoms with Crippen molar-refractivity contribution >= 4 is 5.91 Å². The van der Waals surface area contributed by atoms with Gasteiger partial charge in [-0.1, -0.05) is 38.8 Å². The molecule has 3 saturated carbocycles. The molecule has 0 aromatic heterocycles. The molecular weight excluding hydrogens is 246 g/mol. The van der Waals surface area contributed by atoms with E-state index in [1.54, 1.807) is 0 Å². The monoisotopic (exact) mass is 273 g/mol. The molecule has 0 heterocycles. The highest BCUT2D eigenvalue weighted by Gasteiger charge is 2.73. The fourth-order valence-corrected chi connectivity index (χ4v) is 7.09. The van der Waals surface area contributed by atoms with Gasteiger partial charge in [0.05, 0.1) is 0 Å². The van der Waals surface area contributed by atoms with Gasteiger partial charge >= 0.3 is 0 Å². The molecule has 0 aliphatic heterocycles. The minimum absolute atomic E-state index is 0.0292. The lowest BCUT2D eigenvalue weighted by atomic mass is 9.52. The van der Waals surface area contributed by atoms with Gasteiger partial charge in [-0.25, -0.2) is 0 Å². The van der Waals surface area contributed by atoms with Crippen molar-refractivity contribution in [2.45, 2.75) is 52.4 Å². The van der Waals surface area contributed by atoms with Crippen molar-refractivity contribution in [3.05, 3.63) is 12.2 Å². The summed E-state index contributed by atoms with van der Waals surface area (Å²) >= 11 is 0. The number of hydrogen-bond acceptors (Lipinski definition) is 1. The van der Waals surface area contributed by atoms with Crippen LogP contribution in [-0.2, 0) is 4.79 Å². The van der Waals surface area contributed by atoms with Gasteiger partial charge in [-0.3, -0.25) is 4.79 Å². The number of fused-ring (bicyclic) bond motifs is 9. The molecule has 110 valence electrons. The highest BCUT2D eigenvalue weighted by Crippen LogP contribution is 2.79. The normalized spacial score (nSPS) is 54.6. The third kappa shape index (κ3) is 1.25. The Hall–Kier alpha value is -0.790. The second kappa shape index (κ2) is 3.90. The van der Waals surface area contributed by atoms with E-state index in [0.717, 1.165) is 24.2 Å². The van der Waals surface area contributed by atoms with Crippen LogP contribution in [-0.4, -0.2) is 5.91 Å². The molecule has 4 bridgehead atoms. The third-order valence-electron chi connectivity index (χ3n) is 7.60. The Balaban J connectivity index is 1.75. The van der Waals surface area contributed by atoms with Crippen molar-refractivity contribution in [3.8, 4) is 0 Å². The Kier molecular flexibility index (Phi) is 2.52. The van der Waals surface area contributed by atoms with E-state index in [9.17, 15) is 4.79 Å². The van der Waals surface area contributed by atoms with E-state index in [0.29, 0.717) is 16.7 Å². The van der Waals surface area contributed by atoms with E-state index in [-0.39, 0.29) is 11.8 Å². The number of allylic oxidation sites excluding steroid dienone is 2. The lowest BCUT2D eigenvalue weighted by Gasteiger charge is -2.52. The van der Waals surface area contributed by atoms with Crippen molar-refractivity contribution in [3.63, 3.8) is 0 Å². The number of carbonyl (C=O) groups is 1. The second-order valence-corrected chi connectivity index (χ2v) is 8.16. The van der Waals surface area contributed by atoms with Gasteiger partial charge in [0.15, 0.2) is 0 Å². The van der Waals surface area contributed by atoms with Crippen LogP contribution in [0, 0.1) is 40.4 Å². The van der Waals surface area contributed by atoms with Crippen LogP contribution >= 0.6 is 0 Å². The van der Waals surface area contributed by atoms with Crippen LogP contribution in [0.5, 0.6) is 0 Å². The molecule has 3 fully saturated rings. The molecule has 20 heavy (non-hydrogen) atoms. The minimum atomic E-state index is -0.0292. The van der Waals surface area contributed by atoms with E-state index in [1.807, 2.05) is 0 Å². The van der Waals surface area contributed by atoms with Gasteiger partial charge < -0.3 is 5.73 Å². The number of hydrogen-bond donors (Lipinski definition) is 1. The molecule has 0 radical (unpaired) electrons. The molecule has 0 saturated heterocycles. The van der Waals surface area contributed by atoms with Gasteiger partial charge in [-0.05, 0) is 60.2 Å². The van der Waals surface area contributed by atoms with Crippen LogP contribution in [0.15, 0.2) is 12.2 Å². The summed E-state index contributed by atoms with van der Waals surface area (Å²) in [6, 6.07) is 0. The first-order valence-corrected chi connectivity index (χ1v) is 8.52. The predicted molar refractivity (Wildman–Crippen MR) is 79.7 cm³/mol. The molecule has 4 aliphatic carbocycles. The zero-order valence-corrected chi connectivity index (χ0v) is 12.8. The van der Waals surface area contributed by atoms with Crippen LogP contribution in [0.1, 0.15) is 52.4 Å². The van der Waals surface area contributed by atoms with Crippen LogP contribution < -0.4 is 5.73 Å². The summed E-state index contributed by atoms with van der Waals surface area (Å²) in [6.45, 7) is 4.80. The number of amides is 1. The lowest BCUT2D eigenvalue weighted by Crippen LogP contribution is -2.48. The number of unbranched alkanes of at least 4 members (excludes halogenated alkanes) is 1. The molecule has 2 N–H and O–H groups in total. The molecule has 0 aromatic rings. The first kappa shape index (κ1) is 12.9. The predicted octanol–water partition coefficient (Wildman–Crippen LogP) is 3.52. The zero-order valence-electron chi connectivity index (χ0n) is 12.8. The number of rotatable bonds is 4. The Bertz CT molecular complexity index is 484. The summed E-state index contributed by atoms with van der Waals surface area (Å²) in [5, 5.41) is 0. The quantitative estimate of drug-likeness (QED) is 0.618. The fraction of sp³-hybridized carbons (Fsp3) is 0.833. The zero-order chi connectivity index (χ0) is 14.1. The van der Waals surface area contributed by atoms with Gasteiger partial charge in [-0.15, -0.1) is 0 Å². The molecule has 4 rings (SSSR count). The summed E-state index contributed by atoms with van der Waals surface area (Å²) in [5.74, 6) is 2.97. The third-order valence-corrected chi connectivity index (χ3v) is 7.60. The Labute approximate surface area is 122 Å². The molecule has 1 amide bonds. The summed E-state index contributed by atoms with van der Waals surface area (Å²) in [4.78, 5) is 11.8. The van der Waals surface area contributed by atoms with Crippen molar-refractivity contribution in [1.82, 2.24) is 0 Å². The molecule has 2 heteroatoms. The van der Waals surface area contributed by atoms with Crippen LogP contribution in [0.4, 0.5) is 0 Å². The van der Waals surface area contributed by atoms with E-state index in [4.69, 9.17) is 5.73 Å². The Morgan fingerprint density at radius 3 is 2.90 bits per heavy atom. The van der Waals surface area contributed by atoms with E-state index in [2.05, 4.69) is 26.0 Å². The van der Waals surface area contributed by atoms with Gasteiger partial charge in [0.25, 0.3) is 0 Å². The number of primary amides is 1. The Morgan fingerprint density at radius 1 is 1.40 bits per heavy atom. The van der Waals surface area contributed by atoms with Crippen molar-refractivity contribution < 1.29 is 4.79 Å². The second-order valence-electron chi connectivity index (χ2n) is 8.16. The molecular formula is C18H27NO. The van der Waals surface area contributed by atoms with Gasteiger partial charge in [0.2, 0.25) is 5.91 Å². The maximum atomic E-state index is 11.8. The van der Waals surface area contributed by atoms with Crippen molar-refractivity contribution in [1.29, 1.82) is 0 Å². The lowest BCUT2D eigenvalue weighted by molar-refractivity contribution is -0.126. The first-order valence-electron chi connectivity index (χ1n) is 8.52. The summed E-state index contributed by atoms with van der Waals surface area (Å²) in [7, 11) is 0. The summed E-state index contributed by atoms with van der Waals surface area (Å²) < 4.78 is 0. The average Bonchev–Trinajstić information content (AvgIpc) is 3.10.